The van der Waals surface area contributed by atoms with Crippen LogP contribution in [0.15, 0.2) is 36.7 Å². The molecular weight excluding hydrogens is 306 g/mol. The average molecular weight is 325 g/mol. The van der Waals surface area contributed by atoms with E-state index in [9.17, 15) is 4.79 Å². The number of nitrogen functional groups attached to an aromatic ring is 1. The molecule has 2 heterocycles. The molecule has 0 unspecified atom stereocenters. The topological polar surface area (TPSA) is 104 Å². The maximum atomic E-state index is 12.6. The van der Waals surface area contributed by atoms with E-state index in [1.807, 2.05) is 44.3 Å². The van der Waals surface area contributed by atoms with Gasteiger partial charge in [-0.3, -0.25) is 4.79 Å². The second-order valence-electron chi connectivity index (χ2n) is 5.59. The number of amides is 1. The molecule has 2 aromatic heterocycles. The molecule has 3 N–H and O–H groups in total. The number of benzene rings is 1. The zero-order chi connectivity index (χ0) is 17.3. The third-order valence-corrected chi connectivity index (χ3v) is 3.81. The lowest BCUT2D eigenvalue weighted by molar-refractivity contribution is 0.0938. The summed E-state index contributed by atoms with van der Waals surface area (Å²) in [5.41, 5.74) is 7.91. The van der Waals surface area contributed by atoms with Gasteiger partial charge in [0.1, 0.15) is 17.7 Å². The van der Waals surface area contributed by atoms with Crippen molar-refractivity contribution in [3.63, 3.8) is 0 Å². The van der Waals surface area contributed by atoms with Gasteiger partial charge in [0.05, 0.1) is 17.4 Å². The van der Waals surface area contributed by atoms with Crippen LogP contribution in [-0.2, 0) is 7.05 Å². The molecule has 24 heavy (non-hydrogen) atoms. The second kappa shape index (κ2) is 6.15. The van der Waals surface area contributed by atoms with Crippen LogP contribution in [-0.4, -0.2) is 30.5 Å². The van der Waals surface area contributed by atoms with E-state index in [0.29, 0.717) is 22.9 Å². The normalized spacial score (nSPS) is 12.1. The summed E-state index contributed by atoms with van der Waals surface area (Å²) in [6.45, 7) is 3.60. The van der Waals surface area contributed by atoms with E-state index >= 15 is 0 Å². The lowest BCUT2D eigenvalue weighted by Crippen LogP contribution is -2.29. The molecule has 1 atom stereocenters. The Morgan fingerprint density at radius 3 is 2.62 bits per heavy atom. The van der Waals surface area contributed by atoms with E-state index in [-0.39, 0.29) is 11.9 Å². The molecule has 0 aliphatic carbocycles. The first-order valence-electron chi connectivity index (χ1n) is 7.54. The van der Waals surface area contributed by atoms with Gasteiger partial charge in [-0.1, -0.05) is 18.2 Å². The second-order valence-corrected chi connectivity index (χ2v) is 5.59. The van der Waals surface area contributed by atoms with Gasteiger partial charge in [0.25, 0.3) is 5.91 Å². The van der Waals surface area contributed by atoms with Gasteiger partial charge < -0.3 is 15.6 Å². The Morgan fingerprint density at radius 2 is 2.00 bits per heavy atom. The number of nitrogens with two attached hydrogens (primary N) is 1. The van der Waals surface area contributed by atoms with E-state index in [0.717, 1.165) is 5.69 Å². The van der Waals surface area contributed by atoms with Crippen molar-refractivity contribution in [1.29, 1.82) is 0 Å². The summed E-state index contributed by atoms with van der Waals surface area (Å²) in [6.07, 6.45) is 1.59. The van der Waals surface area contributed by atoms with Crippen molar-refractivity contribution in [2.75, 3.05) is 5.73 Å². The first-order valence-corrected chi connectivity index (χ1v) is 7.54. The van der Waals surface area contributed by atoms with Crippen molar-refractivity contribution < 1.29 is 4.79 Å². The molecule has 8 nitrogen and oxygen atoms in total. The van der Waals surface area contributed by atoms with Gasteiger partial charge in [0.2, 0.25) is 0 Å². The summed E-state index contributed by atoms with van der Waals surface area (Å²) in [4.78, 5) is 12.6. The molecule has 1 amide bonds. The minimum Gasteiger partial charge on any atom is -0.383 e. The van der Waals surface area contributed by atoms with Gasteiger partial charge in [-0.05, 0) is 26.0 Å². The molecule has 0 fully saturated rings. The number of aromatic nitrogens is 5. The molecule has 0 saturated heterocycles. The van der Waals surface area contributed by atoms with Crippen LogP contribution in [0.25, 0.3) is 5.69 Å². The number of carbonyl (C=O) groups is 1. The van der Waals surface area contributed by atoms with Crippen LogP contribution in [0.4, 0.5) is 5.82 Å². The van der Waals surface area contributed by atoms with Crippen LogP contribution in [0.3, 0.4) is 0 Å². The summed E-state index contributed by atoms with van der Waals surface area (Å²) < 4.78 is 3.33. The van der Waals surface area contributed by atoms with Crippen molar-refractivity contribution in [2.45, 2.75) is 19.9 Å². The lowest BCUT2D eigenvalue weighted by Gasteiger charge is -2.13. The van der Waals surface area contributed by atoms with E-state index in [4.69, 9.17) is 5.73 Å². The largest absolute Gasteiger partial charge is 0.383 e. The molecule has 0 aliphatic heterocycles. The zero-order valence-electron chi connectivity index (χ0n) is 13.8. The highest BCUT2D eigenvalue weighted by molar-refractivity contribution is 6.00. The molecule has 3 rings (SSSR count). The maximum absolute atomic E-state index is 12.6. The number of para-hydroxylation sites is 1. The number of hydrogen-bond donors (Lipinski definition) is 2. The Hall–Kier alpha value is -3.16. The SMILES string of the molecule is Cc1nn(-c2ccccc2)c(N)c1C(=O)N[C@H](C)c1nncn1C. The molecule has 124 valence electrons. The molecule has 1 aromatic carbocycles. The minimum absolute atomic E-state index is 0.289. The number of aryl methyl sites for hydroxylation is 2. The Bertz CT molecular complexity index is 866. The quantitative estimate of drug-likeness (QED) is 0.754. The molecule has 0 bridgehead atoms. The minimum atomic E-state index is -0.302. The fraction of sp³-hybridized carbons (Fsp3) is 0.250. The Balaban J connectivity index is 1.88. The highest BCUT2D eigenvalue weighted by atomic mass is 16.1. The van der Waals surface area contributed by atoms with E-state index in [1.54, 1.807) is 22.5 Å². The van der Waals surface area contributed by atoms with Gasteiger partial charge in [-0.25, -0.2) is 4.68 Å². The summed E-state index contributed by atoms with van der Waals surface area (Å²) in [7, 11) is 1.82. The molecule has 0 radical (unpaired) electrons. The number of nitrogens with zero attached hydrogens (tertiary/aromatic N) is 5. The predicted octanol–water partition coefficient (Wildman–Crippen LogP) is 1.38. The first-order chi connectivity index (χ1) is 11.5. The van der Waals surface area contributed by atoms with Crippen LogP contribution < -0.4 is 11.1 Å². The van der Waals surface area contributed by atoms with Crippen molar-refractivity contribution >= 4 is 11.7 Å². The summed E-state index contributed by atoms with van der Waals surface area (Å²) >= 11 is 0. The highest BCUT2D eigenvalue weighted by Gasteiger charge is 2.23. The van der Waals surface area contributed by atoms with Crippen LogP contribution >= 0.6 is 0 Å². The van der Waals surface area contributed by atoms with E-state index < -0.39 is 0 Å². The summed E-state index contributed by atoms with van der Waals surface area (Å²) in [6, 6.07) is 9.15. The van der Waals surface area contributed by atoms with Gasteiger partial charge in [-0.15, -0.1) is 10.2 Å². The zero-order valence-corrected chi connectivity index (χ0v) is 13.8. The lowest BCUT2D eigenvalue weighted by atomic mass is 10.2. The number of anilines is 1. The van der Waals surface area contributed by atoms with Crippen LogP contribution in [0.1, 0.15) is 34.8 Å². The van der Waals surface area contributed by atoms with Crippen LogP contribution in [0.2, 0.25) is 0 Å². The molecule has 8 heteroatoms. The van der Waals surface area contributed by atoms with E-state index in [2.05, 4.69) is 20.6 Å². The Labute approximate surface area is 139 Å². The van der Waals surface area contributed by atoms with Crippen molar-refractivity contribution in [1.82, 2.24) is 29.9 Å². The highest BCUT2D eigenvalue weighted by Crippen LogP contribution is 2.21. The Kier molecular flexibility index (Phi) is 4.03. The van der Waals surface area contributed by atoms with Crippen molar-refractivity contribution in [3.05, 3.63) is 53.7 Å². The third kappa shape index (κ3) is 2.73. The summed E-state index contributed by atoms with van der Waals surface area (Å²) in [5, 5.41) is 15.1. The van der Waals surface area contributed by atoms with Gasteiger partial charge in [-0.2, -0.15) is 5.10 Å². The van der Waals surface area contributed by atoms with Crippen LogP contribution in [0, 0.1) is 6.92 Å². The van der Waals surface area contributed by atoms with E-state index in [1.165, 1.54) is 0 Å². The fourth-order valence-corrected chi connectivity index (χ4v) is 2.61. The van der Waals surface area contributed by atoms with Crippen LogP contribution in [0.5, 0.6) is 0 Å². The van der Waals surface area contributed by atoms with Gasteiger partial charge >= 0.3 is 0 Å². The molecule has 0 aliphatic rings. The molecule has 0 spiro atoms. The maximum Gasteiger partial charge on any atom is 0.257 e. The molecule has 0 saturated carbocycles. The Morgan fingerprint density at radius 1 is 1.29 bits per heavy atom. The molecule has 3 aromatic rings. The average Bonchev–Trinajstić information content (AvgIpc) is 3.11. The van der Waals surface area contributed by atoms with Crippen molar-refractivity contribution in [3.8, 4) is 5.69 Å². The first kappa shape index (κ1) is 15.7. The standard InChI is InChI=1S/C16H19N7O/c1-10-13(14(17)23(21-10)12-7-5-4-6-8-12)16(24)19-11(2)15-20-18-9-22(15)3/h4-9,11H,17H2,1-3H3,(H,19,24)/t11-/m1/s1. The number of rotatable bonds is 4. The monoisotopic (exact) mass is 325 g/mol. The third-order valence-electron chi connectivity index (χ3n) is 3.81. The van der Waals surface area contributed by atoms with Gasteiger partial charge in [0, 0.05) is 7.05 Å². The van der Waals surface area contributed by atoms with Crippen molar-refractivity contribution in [2.24, 2.45) is 7.05 Å². The predicted molar refractivity (Wildman–Crippen MR) is 89.6 cm³/mol. The van der Waals surface area contributed by atoms with Gasteiger partial charge in [0.15, 0.2) is 5.82 Å². The summed E-state index contributed by atoms with van der Waals surface area (Å²) in [5.74, 6) is 0.680. The number of hydrogen-bond acceptors (Lipinski definition) is 5. The smallest absolute Gasteiger partial charge is 0.257 e. The molecular formula is C16H19N7O. The fourth-order valence-electron chi connectivity index (χ4n) is 2.61. The number of nitrogens with one attached hydrogen (secondary N) is 1. The number of carbonyl (C=O) groups excluding carboxylic acids is 1.